The Bertz CT molecular complexity index is 329. The fourth-order valence-electron chi connectivity index (χ4n) is 1.39. The van der Waals surface area contributed by atoms with Crippen LogP contribution in [0.3, 0.4) is 0 Å². The molecule has 116 valence electrons. The molecule has 0 aliphatic carbocycles. The van der Waals surface area contributed by atoms with Gasteiger partial charge in [-0.25, -0.2) is 9.59 Å². The molecule has 0 saturated carbocycles. The third-order valence-electron chi connectivity index (χ3n) is 2.45. The minimum absolute atomic E-state index is 0.00782. The van der Waals surface area contributed by atoms with Gasteiger partial charge in [-0.05, 0) is 19.3 Å². The Morgan fingerprint density at radius 1 is 1.30 bits per heavy atom. The number of amides is 1. The van der Waals surface area contributed by atoms with Crippen molar-refractivity contribution in [1.29, 1.82) is 0 Å². The van der Waals surface area contributed by atoms with E-state index in [-0.39, 0.29) is 5.96 Å². The van der Waals surface area contributed by atoms with E-state index in [0.29, 0.717) is 26.0 Å². The minimum atomic E-state index is -0.761. The van der Waals surface area contributed by atoms with E-state index in [4.69, 9.17) is 16.2 Å². The number of hydrogen-bond acceptors (Lipinski definition) is 5. The van der Waals surface area contributed by atoms with Gasteiger partial charge in [0.15, 0.2) is 5.96 Å². The van der Waals surface area contributed by atoms with Crippen molar-refractivity contribution >= 4 is 18.0 Å². The molecule has 0 aliphatic rings. The first-order valence-corrected chi connectivity index (χ1v) is 6.57. The molecule has 0 aromatic carbocycles. The second-order valence-electron chi connectivity index (χ2n) is 4.16. The van der Waals surface area contributed by atoms with Crippen LogP contribution in [0.15, 0.2) is 4.99 Å². The van der Waals surface area contributed by atoms with Crippen molar-refractivity contribution in [3.05, 3.63) is 0 Å². The number of carbonyl (C=O) groups excluding carboxylic acids is 2. The molecule has 1 atom stereocenters. The molecule has 0 radical (unpaired) electrons. The van der Waals surface area contributed by atoms with Gasteiger partial charge in [-0.3, -0.25) is 4.99 Å². The molecule has 0 aromatic rings. The van der Waals surface area contributed by atoms with Crippen LogP contribution in [0.4, 0.5) is 4.79 Å². The van der Waals surface area contributed by atoms with Crippen LogP contribution in [0, 0.1) is 0 Å². The van der Waals surface area contributed by atoms with Gasteiger partial charge in [0.05, 0.1) is 13.7 Å². The number of nitrogens with zero attached hydrogens (tertiary/aromatic N) is 1. The number of unbranched alkanes of at least 4 members (excludes halogenated alkanes) is 1. The summed E-state index contributed by atoms with van der Waals surface area (Å²) in [6.45, 7) is 2.69. The summed E-state index contributed by atoms with van der Waals surface area (Å²) in [4.78, 5) is 26.8. The van der Waals surface area contributed by atoms with E-state index in [1.54, 1.807) is 0 Å². The van der Waals surface area contributed by atoms with Crippen molar-refractivity contribution < 1.29 is 19.1 Å². The zero-order chi connectivity index (χ0) is 15.4. The molecule has 0 saturated heterocycles. The number of esters is 1. The number of rotatable bonds is 9. The summed E-state index contributed by atoms with van der Waals surface area (Å²) in [5.41, 5.74) is 10.4. The average molecular weight is 288 g/mol. The monoisotopic (exact) mass is 288 g/mol. The van der Waals surface area contributed by atoms with E-state index in [1.807, 2.05) is 6.92 Å². The van der Waals surface area contributed by atoms with Crippen molar-refractivity contribution in [3.8, 4) is 0 Å². The first-order valence-electron chi connectivity index (χ1n) is 6.57. The summed E-state index contributed by atoms with van der Waals surface area (Å²) >= 11 is 0. The van der Waals surface area contributed by atoms with Crippen LogP contribution in [0.1, 0.15) is 32.6 Å². The van der Waals surface area contributed by atoms with Crippen molar-refractivity contribution in [1.82, 2.24) is 5.32 Å². The average Bonchev–Trinajstić information content (AvgIpc) is 2.41. The number of nitrogens with one attached hydrogen (secondary N) is 1. The number of carbonyl (C=O) groups is 2. The fraction of sp³-hybridized carbons (Fsp3) is 0.750. The first kappa shape index (κ1) is 18.0. The lowest BCUT2D eigenvalue weighted by molar-refractivity contribution is -0.143. The van der Waals surface area contributed by atoms with Crippen LogP contribution in [0.5, 0.6) is 0 Å². The van der Waals surface area contributed by atoms with E-state index < -0.39 is 18.1 Å². The van der Waals surface area contributed by atoms with E-state index in [1.165, 1.54) is 7.11 Å². The lowest BCUT2D eigenvalue weighted by Crippen LogP contribution is -2.42. The number of hydrogen-bond donors (Lipinski definition) is 3. The topological polar surface area (TPSA) is 129 Å². The maximum absolute atomic E-state index is 11.5. The number of nitrogens with two attached hydrogens (primary N) is 2. The molecule has 0 rings (SSSR count). The molecular weight excluding hydrogens is 264 g/mol. The lowest BCUT2D eigenvalue weighted by atomic mass is 10.1. The Morgan fingerprint density at radius 3 is 2.55 bits per heavy atom. The van der Waals surface area contributed by atoms with Crippen molar-refractivity contribution in [2.24, 2.45) is 16.5 Å². The Balaban J connectivity index is 4.17. The number of guanidine groups is 1. The summed E-state index contributed by atoms with van der Waals surface area (Å²) < 4.78 is 9.55. The fourth-order valence-corrected chi connectivity index (χ4v) is 1.39. The Hall–Kier alpha value is -1.99. The van der Waals surface area contributed by atoms with Crippen LogP contribution in [0.2, 0.25) is 0 Å². The highest BCUT2D eigenvalue weighted by molar-refractivity contribution is 5.81. The van der Waals surface area contributed by atoms with Gasteiger partial charge >= 0.3 is 12.1 Å². The van der Waals surface area contributed by atoms with Crippen molar-refractivity contribution in [3.63, 3.8) is 0 Å². The Kier molecular flexibility index (Phi) is 9.81. The SMILES string of the molecule is CCCCOC(=O)NC(CCCN=C(N)N)C(=O)OC. The predicted molar refractivity (Wildman–Crippen MR) is 75.1 cm³/mol. The normalized spacial score (nSPS) is 11.3. The van der Waals surface area contributed by atoms with Gasteiger partial charge in [-0.1, -0.05) is 13.3 Å². The molecular formula is C12H24N4O4. The van der Waals surface area contributed by atoms with Gasteiger partial charge in [-0.2, -0.15) is 0 Å². The maximum Gasteiger partial charge on any atom is 0.407 e. The summed E-state index contributed by atoms with van der Waals surface area (Å²) in [6, 6.07) is -0.761. The van der Waals surface area contributed by atoms with Gasteiger partial charge in [0, 0.05) is 6.54 Å². The molecule has 0 spiro atoms. The summed E-state index contributed by atoms with van der Waals surface area (Å²) in [5.74, 6) is -0.534. The van der Waals surface area contributed by atoms with Gasteiger partial charge in [0.2, 0.25) is 0 Å². The van der Waals surface area contributed by atoms with E-state index in [2.05, 4.69) is 15.0 Å². The largest absolute Gasteiger partial charge is 0.467 e. The third-order valence-corrected chi connectivity index (χ3v) is 2.45. The van der Waals surface area contributed by atoms with Crippen LogP contribution < -0.4 is 16.8 Å². The summed E-state index contributed by atoms with van der Waals surface area (Å²) in [7, 11) is 1.26. The highest BCUT2D eigenvalue weighted by Gasteiger charge is 2.21. The summed E-state index contributed by atoms with van der Waals surface area (Å²) in [5, 5.41) is 2.47. The Morgan fingerprint density at radius 2 is 2.00 bits per heavy atom. The molecule has 8 nitrogen and oxygen atoms in total. The third kappa shape index (κ3) is 9.01. The van der Waals surface area contributed by atoms with Crippen molar-refractivity contribution in [2.45, 2.75) is 38.6 Å². The Labute approximate surface area is 118 Å². The highest BCUT2D eigenvalue weighted by Crippen LogP contribution is 2.01. The molecule has 0 bridgehead atoms. The zero-order valence-corrected chi connectivity index (χ0v) is 12.1. The van der Waals surface area contributed by atoms with Crippen LogP contribution >= 0.6 is 0 Å². The quantitative estimate of drug-likeness (QED) is 0.239. The van der Waals surface area contributed by atoms with E-state index >= 15 is 0 Å². The summed E-state index contributed by atoms with van der Waals surface area (Å²) in [6.07, 6.45) is 1.97. The highest BCUT2D eigenvalue weighted by atomic mass is 16.6. The number of ether oxygens (including phenoxy) is 2. The number of methoxy groups -OCH3 is 1. The van der Waals surface area contributed by atoms with Crippen LogP contribution in [-0.2, 0) is 14.3 Å². The van der Waals surface area contributed by atoms with E-state index in [0.717, 1.165) is 12.8 Å². The van der Waals surface area contributed by atoms with Crippen molar-refractivity contribution in [2.75, 3.05) is 20.3 Å². The maximum atomic E-state index is 11.5. The standard InChI is InChI=1S/C12H24N4O4/c1-3-4-8-20-12(18)16-9(10(17)19-2)6-5-7-15-11(13)14/h9H,3-8H2,1-2H3,(H,16,18)(H4,13,14,15). The molecule has 1 unspecified atom stereocenters. The minimum Gasteiger partial charge on any atom is -0.467 e. The van der Waals surface area contributed by atoms with Crippen LogP contribution in [0.25, 0.3) is 0 Å². The molecule has 1 amide bonds. The molecule has 0 fully saturated rings. The van der Waals surface area contributed by atoms with Gasteiger partial charge in [0.25, 0.3) is 0 Å². The molecule has 0 aliphatic heterocycles. The van der Waals surface area contributed by atoms with Gasteiger partial charge in [0.1, 0.15) is 6.04 Å². The van der Waals surface area contributed by atoms with Gasteiger partial charge in [-0.15, -0.1) is 0 Å². The number of aliphatic imine (C=N–C) groups is 1. The molecule has 0 aromatic heterocycles. The lowest BCUT2D eigenvalue weighted by Gasteiger charge is -2.15. The predicted octanol–water partition coefficient (Wildman–Crippen LogP) is 0.108. The zero-order valence-electron chi connectivity index (χ0n) is 12.1. The molecule has 5 N–H and O–H groups in total. The second kappa shape index (κ2) is 10.9. The smallest absolute Gasteiger partial charge is 0.407 e. The first-order chi connectivity index (χ1) is 9.51. The molecule has 8 heteroatoms. The van der Waals surface area contributed by atoms with Crippen LogP contribution in [-0.4, -0.2) is 44.3 Å². The van der Waals surface area contributed by atoms with Gasteiger partial charge < -0.3 is 26.3 Å². The van der Waals surface area contributed by atoms with E-state index in [9.17, 15) is 9.59 Å². The molecule has 0 heterocycles. The number of alkyl carbamates (subject to hydrolysis) is 1. The molecule has 20 heavy (non-hydrogen) atoms. The second-order valence-corrected chi connectivity index (χ2v) is 4.16.